The van der Waals surface area contributed by atoms with Crippen LogP contribution in [0.4, 0.5) is 4.39 Å². The molecule has 1 atom stereocenters. The van der Waals surface area contributed by atoms with Gasteiger partial charge in [0.05, 0.1) is 0 Å². The number of rotatable bonds is 8. The van der Waals surface area contributed by atoms with Crippen LogP contribution in [0.2, 0.25) is 0 Å². The second kappa shape index (κ2) is 8.70. The fraction of sp³-hybridized carbons (Fsp3) is 0.625. The van der Waals surface area contributed by atoms with E-state index >= 15 is 0 Å². The highest BCUT2D eigenvalue weighted by molar-refractivity contribution is 9.10. The summed E-state index contributed by atoms with van der Waals surface area (Å²) in [5.41, 5.74) is 1.17. The van der Waals surface area contributed by atoms with Crippen molar-refractivity contribution < 1.29 is 4.39 Å². The molecule has 1 aromatic rings. The van der Waals surface area contributed by atoms with Crippen molar-refractivity contribution in [2.75, 3.05) is 6.54 Å². The van der Waals surface area contributed by atoms with Crippen molar-refractivity contribution in [1.29, 1.82) is 0 Å². The molecule has 1 N–H and O–H groups in total. The van der Waals surface area contributed by atoms with Gasteiger partial charge in [-0.05, 0) is 43.0 Å². The van der Waals surface area contributed by atoms with Crippen LogP contribution in [-0.4, -0.2) is 6.54 Å². The fourth-order valence-electron chi connectivity index (χ4n) is 2.38. The molecular formula is C16H25BrFN. The van der Waals surface area contributed by atoms with E-state index in [1.165, 1.54) is 18.4 Å². The molecule has 0 bridgehead atoms. The lowest BCUT2D eigenvalue weighted by Crippen LogP contribution is -2.24. The molecule has 0 radical (unpaired) electrons. The Labute approximate surface area is 125 Å². The number of hydrogen-bond donors (Lipinski definition) is 1. The molecule has 19 heavy (non-hydrogen) atoms. The molecule has 0 saturated heterocycles. The summed E-state index contributed by atoms with van der Waals surface area (Å²) in [4.78, 5) is 0. The van der Waals surface area contributed by atoms with Gasteiger partial charge in [-0.25, -0.2) is 4.39 Å². The Morgan fingerprint density at radius 3 is 2.42 bits per heavy atom. The molecule has 1 unspecified atom stereocenters. The van der Waals surface area contributed by atoms with Crippen LogP contribution in [-0.2, 0) is 0 Å². The monoisotopic (exact) mass is 329 g/mol. The number of benzene rings is 1. The van der Waals surface area contributed by atoms with E-state index in [1.807, 2.05) is 6.07 Å². The van der Waals surface area contributed by atoms with E-state index in [-0.39, 0.29) is 5.82 Å². The zero-order valence-corrected chi connectivity index (χ0v) is 13.8. The summed E-state index contributed by atoms with van der Waals surface area (Å²) >= 11 is 3.49. The Kier molecular flexibility index (Phi) is 7.62. The molecule has 0 aromatic heterocycles. The van der Waals surface area contributed by atoms with Crippen molar-refractivity contribution in [3.63, 3.8) is 0 Å². The quantitative estimate of drug-likeness (QED) is 0.668. The van der Waals surface area contributed by atoms with Gasteiger partial charge < -0.3 is 5.32 Å². The lowest BCUT2D eigenvalue weighted by atomic mass is 9.91. The van der Waals surface area contributed by atoms with Crippen LogP contribution in [0.25, 0.3) is 0 Å². The molecule has 0 aliphatic carbocycles. The highest BCUT2D eigenvalue weighted by Gasteiger charge is 2.18. The van der Waals surface area contributed by atoms with Gasteiger partial charge in [0.1, 0.15) is 5.82 Å². The molecule has 0 heterocycles. The predicted octanol–water partition coefficient (Wildman–Crippen LogP) is 5.46. The zero-order valence-electron chi connectivity index (χ0n) is 12.2. The van der Waals surface area contributed by atoms with Gasteiger partial charge in [0.15, 0.2) is 0 Å². The maximum Gasteiger partial charge on any atom is 0.124 e. The van der Waals surface area contributed by atoms with Gasteiger partial charge in [0.25, 0.3) is 0 Å². The van der Waals surface area contributed by atoms with Gasteiger partial charge in [0.2, 0.25) is 0 Å². The molecule has 0 spiro atoms. The van der Waals surface area contributed by atoms with Gasteiger partial charge in [-0.2, -0.15) is 0 Å². The molecule has 1 aromatic carbocycles. The minimum absolute atomic E-state index is 0.188. The molecule has 0 amide bonds. The Morgan fingerprint density at radius 1 is 1.21 bits per heavy atom. The molecule has 0 saturated carbocycles. The Hall–Kier alpha value is -0.410. The maximum absolute atomic E-state index is 13.2. The summed E-state index contributed by atoms with van der Waals surface area (Å²) in [6, 6.07) is 5.31. The summed E-state index contributed by atoms with van der Waals surface area (Å²) in [5, 5.41) is 3.59. The fourth-order valence-corrected chi connectivity index (χ4v) is 3.01. The van der Waals surface area contributed by atoms with Gasteiger partial charge in [-0.15, -0.1) is 0 Å². The van der Waals surface area contributed by atoms with Crippen LogP contribution in [0.5, 0.6) is 0 Å². The average Bonchev–Trinajstić information content (AvgIpc) is 2.40. The molecule has 1 nitrogen and oxygen atoms in total. The van der Waals surface area contributed by atoms with E-state index in [4.69, 9.17) is 0 Å². The topological polar surface area (TPSA) is 12.0 Å². The molecule has 1 rings (SSSR count). The van der Waals surface area contributed by atoms with E-state index in [2.05, 4.69) is 42.0 Å². The van der Waals surface area contributed by atoms with Crippen molar-refractivity contribution >= 4 is 15.9 Å². The third kappa shape index (κ3) is 5.23. The third-order valence-corrected chi connectivity index (χ3v) is 4.39. The second-order valence-corrected chi connectivity index (χ2v) is 5.95. The first-order valence-electron chi connectivity index (χ1n) is 7.30. The summed E-state index contributed by atoms with van der Waals surface area (Å²) in [6.45, 7) is 7.64. The van der Waals surface area contributed by atoms with Crippen LogP contribution in [0.15, 0.2) is 22.7 Å². The van der Waals surface area contributed by atoms with Crippen molar-refractivity contribution in [2.24, 2.45) is 5.92 Å². The minimum Gasteiger partial charge on any atom is -0.310 e. The summed E-state index contributed by atoms with van der Waals surface area (Å²) in [6.07, 6.45) is 4.61. The van der Waals surface area contributed by atoms with E-state index in [0.29, 0.717) is 12.0 Å². The Balaban J connectivity index is 2.88. The third-order valence-electron chi connectivity index (χ3n) is 3.70. The SMILES string of the molecule is CCCNC(CC(CC)CC)c1ccc(F)cc1Br. The minimum atomic E-state index is -0.188. The highest BCUT2D eigenvalue weighted by atomic mass is 79.9. The highest BCUT2D eigenvalue weighted by Crippen LogP contribution is 2.30. The summed E-state index contributed by atoms with van der Waals surface area (Å²) in [5.74, 6) is 0.527. The second-order valence-electron chi connectivity index (χ2n) is 5.09. The average molecular weight is 330 g/mol. The molecule has 0 aliphatic rings. The molecule has 0 fully saturated rings. The van der Waals surface area contributed by atoms with Gasteiger partial charge >= 0.3 is 0 Å². The van der Waals surface area contributed by atoms with Gasteiger partial charge in [0, 0.05) is 10.5 Å². The van der Waals surface area contributed by atoms with Gasteiger partial charge in [-0.3, -0.25) is 0 Å². The first-order valence-corrected chi connectivity index (χ1v) is 8.09. The smallest absolute Gasteiger partial charge is 0.124 e. The summed E-state index contributed by atoms with van der Waals surface area (Å²) in [7, 11) is 0. The summed E-state index contributed by atoms with van der Waals surface area (Å²) < 4.78 is 14.1. The number of hydrogen-bond acceptors (Lipinski definition) is 1. The standard InChI is InChI=1S/C16H25BrFN/c1-4-9-19-16(10-12(5-2)6-3)14-8-7-13(18)11-15(14)17/h7-8,11-12,16,19H,4-6,9-10H2,1-3H3. The largest absolute Gasteiger partial charge is 0.310 e. The van der Waals surface area contributed by atoms with Crippen molar-refractivity contribution in [3.05, 3.63) is 34.1 Å². The lowest BCUT2D eigenvalue weighted by molar-refractivity contribution is 0.370. The van der Waals surface area contributed by atoms with Crippen molar-refractivity contribution in [1.82, 2.24) is 5.32 Å². The first kappa shape index (κ1) is 16.6. The molecule has 3 heteroatoms. The normalized spacial score (nSPS) is 12.9. The van der Waals surface area contributed by atoms with Crippen molar-refractivity contribution in [3.8, 4) is 0 Å². The van der Waals surface area contributed by atoms with E-state index < -0.39 is 0 Å². The molecule has 0 aliphatic heterocycles. The first-order chi connectivity index (χ1) is 9.12. The van der Waals surface area contributed by atoms with E-state index in [1.54, 1.807) is 12.1 Å². The Bertz CT molecular complexity index is 377. The van der Waals surface area contributed by atoms with Crippen LogP contribution < -0.4 is 5.32 Å². The Morgan fingerprint density at radius 2 is 1.89 bits per heavy atom. The van der Waals surface area contributed by atoms with Crippen LogP contribution in [0.1, 0.15) is 58.1 Å². The maximum atomic E-state index is 13.2. The molecular weight excluding hydrogens is 305 g/mol. The molecule has 108 valence electrons. The lowest BCUT2D eigenvalue weighted by Gasteiger charge is -2.24. The van der Waals surface area contributed by atoms with E-state index in [9.17, 15) is 4.39 Å². The van der Waals surface area contributed by atoms with Crippen molar-refractivity contribution in [2.45, 2.75) is 52.5 Å². The number of halogens is 2. The number of nitrogens with one attached hydrogen (secondary N) is 1. The van der Waals surface area contributed by atoms with Gasteiger partial charge in [-0.1, -0.05) is 55.6 Å². The predicted molar refractivity (Wildman–Crippen MR) is 83.8 cm³/mol. The van der Waals surface area contributed by atoms with Crippen LogP contribution in [0.3, 0.4) is 0 Å². The van der Waals surface area contributed by atoms with Crippen LogP contribution in [0, 0.1) is 11.7 Å². The van der Waals surface area contributed by atoms with Crippen LogP contribution >= 0.6 is 15.9 Å². The van der Waals surface area contributed by atoms with E-state index in [0.717, 1.165) is 23.9 Å². The zero-order chi connectivity index (χ0) is 14.3.